The van der Waals surface area contributed by atoms with E-state index in [1.807, 2.05) is 0 Å². The second-order valence-electron chi connectivity index (χ2n) is 6.07. The Morgan fingerprint density at radius 2 is 1.85 bits per heavy atom. The third kappa shape index (κ3) is 4.55. The van der Waals surface area contributed by atoms with Crippen molar-refractivity contribution in [1.29, 1.82) is 0 Å². The van der Waals surface area contributed by atoms with Crippen molar-refractivity contribution in [2.24, 2.45) is 0 Å². The van der Waals surface area contributed by atoms with Gasteiger partial charge in [0.2, 0.25) is 11.8 Å². The van der Waals surface area contributed by atoms with Gasteiger partial charge in [0.1, 0.15) is 5.82 Å². The van der Waals surface area contributed by atoms with E-state index in [1.165, 1.54) is 65.6 Å². The van der Waals surface area contributed by atoms with Crippen LogP contribution in [0.4, 0.5) is 15.8 Å². The molecule has 1 aliphatic heterocycles. The summed E-state index contributed by atoms with van der Waals surface area (Å²) in [5.41, 5.74) is 1.20. The summed E-state index contributed by atoms with van der Waals surface area (Å²) in [5.74, 6) is -0.898. The van der Waals surface area contributed by atoms with Crippen molar-refractivity contribution >= 4 is 29.3 Å². The van der Waals surface area contributed by atoms with E-state index in [1.54, 1.807) is 0 Å². The first-order valence-electron chi connectivity index (χ1n) is 8.21. The number of amides is 2. The van der Waals surface area contributed by atoms with Crippen molar-refractivity contribution in [2.45, 2.75) is 12.5 Å². The fourth-order valence-electron chi connectivity index (χ4n) is 2.80. The van der Waals surface area contributed by atoms with Crippen LogP contribution in [-0.2, 0) is 9.59 Å². The van der Waals surface area contributed by atoms with Crippen LogP contribution in [0.25, 0.3) is 6.08 Å². The zero-order valence-electron chi connectivity index (χ0n) is 14.2. The summed E-state index contributed by atoms with van der Waals surface area (Å²) in [5, 5.41) is 13.4. The minimum Gasteiger partial charge on any atom is -0.347 e. The molecular weight excluding hydrogens is 353 g/mol. The predicted molar refractivity (Wildman–Crippen MR) is 97.4 cm³/mol. The van der Waals surface area contributed by atoms with Crippen molar-refractivity contribution in [3.63, 3.8) is 0 Å². The molecule has 8 heteroatoms. The summed E-state index contributed by atoms with van der Waals surface area (Å²) >= 11 is 0. The van der Waals surface area contributed by atoms with Gasteiger partial charge in [-0.15, -0.1) is 0 Å². The number of halogens is 1. The summed E-state index contributed by atoms with van der Waals surface area (Å²) in [4.78, 5) is 35.8. The van der Waals surface area contributed by atoms with Gasteiger partial charge in [-0.05, 0) is 48.0 Å². The minimum absolute atomic E-state index is 0.0260. The van der Waals surface area contributed by atoms with Gasteiger partial charge in [-0.2, -0.15) is 0 Å². The van der Waals surface area contributed by atoms with E-state index < -0.39 is 4.92 Å². The lowest BCUT2D eigenvalue weighted by molar-refractivity contribution is -0.384. The molecular formula is C19H16FN3O4. The van der Waals surface area contributed by atoms with Gasteiger partial charge in [0.25, 0.3) is 5.69 Å². The molecule has 0 saturated carbocycles. The third-order valence-electron chi connectivity index (χ3n) is 4.14. The molecule has 1 atom stereocenters. The van der Waals surface area contributed by atoms with Crippen molar-refractivity contribution in [3.05, 3.63) is 76.1 Å². The monoisotopic (exact) mass is 369 g/mol. The maximum Gasteiger partial charge on any atom is 0.269 e. The van der Waals surface area contributed by atoms with Gasteiger partial charge in [-0.1, -0.05) is 0 Å². The summed E-state index contributed by atoms with van der Waals surface area (Å²) < 4.78 is 13.0. The molecule has 2 aromatic carbocycles. The molecule has 2 aromatic rings. The molecule has 27 heavy (non-hydrogen) atoms. The molecule has 0 radical (unpaired) electrons. The van der Waals surface area contributed by atoms with Crippen LogP contribution in [0.5, 0.6) is 0 Å². The van der Waals surface area contributed by atoms with E-state index >= 15 is 0 Å². The highest BCUT2D eigenvalue weighted by atomic mass is 19.1. The molecule has 1 heterocycles. The van der Waals surface area contributed by atoms with Gasteiger partial charge in [0.05, 0.1) is 11.0 Å². The van der Waals surface area contributed by atoms with Gasteiger partial charge in [-0.25, -0.2) is 4.39 Å². The van der Waals surface area contributed by atoms with Crippen LogP contribution in [0.2, 0.25) is 0 Å². The number of nitro benzene ring substituents is 1. The number of nitrogens with zero attached hydrogens (tertiary/aromatic N) is 2. The van der Waals surface area contributed by atoms with Gasteiger partial charge >= 0.3 is 0 Å². The molecule has 0 aliphatic carbocycles. The van der Waals surface area contributed by atoms with Crippen LogP contribution >= 0.6 is 0 Å². The first-order chi connectivity index (χ1) is 12.9. The zero-order valence-corrected chi connectivity index (χ0v) is 14.2. The summed E-state index contributed by atoms with van der Waals surface area (Å²) in [6.07, 6.45) is 3.01. The zero-order chi connectivity index (χ0) is 19.4. The molecule has 138 valence electrons. The molecule has 3 rings (SSSR count). The maximum absolute atomic E-state index is 13.0. The maximum atomic E-state index is 13.0. The Morgan fingerprint density at radius 3 is 2.48 bits per heavy atom. The first-order valence-corrected chi connectivity index (χ1v) is 8.21. The molecule has 1 aliphatic rings. The molecule has 0 bridgehead atoms. The molecule has 2 amide bonds. The van der Waals surface area contributed by atoms with E-state index in [0.29, 0.717) is 17.8 Å². The number of carbonyl (C=O) groups is 2. The first kappa shape index (κ1) is 18.2. The van der Waals surface area contributed by atoms with Gasteiger partial charge < -0.3 is 10.2 Å². The number of benzene rings is 2. The second-order valence-corrected chi connectivity index (χ2v) is 6.07. The Bertz CT molecular complexity index is 894. The van der Waals surface area contributed by atoms with Crippen molar-refractivity contribution in [2.75, 3.05) is 11.4 Å². The van der Waals surface area contributed by atoms with Crippen LogP contribution in [0.15, 0.2) is 54.6 Å². The average molecular weight is 369 g/mol. The molecule has 1 fully saturated rings. The summed E-state index contributed by atoms with van der Waals surface area (Å²) in [7, 11) is 0. The van der Waals surface area contributed by atoms with Crippen molar-refractivity contribution < 1.29 is 18.9 Å². The number of non-ortho nitro benzene ring substituents is 1. The normalized spacial score (nSPS) is 16.7. The summed E-state index contributed by atoms with van der Waals surface area (Å²) in [6.45, 7) is 0.307. The molecule has 1 saturated heterocycles. The number of nitrogens with one attached hydrogen (secondary N) is 1. The lowest BCUT2D eigenvalue weighted by atomic mass is 10.2. The highest BCUT2D eigenvalue weighted by molar-refractivity contribution is 5.98. The minimum atomic E-state index is -0.496. The fourth-order valence-corrected chi connectivity index (χ4v) is 2.80. The Kier molecular flexibility index (Phi) is 5.25. The van der Waals surface area contributed by atoms with Gasteiger partial charge in [-0.3, -0.25) is 19.7 Å². The van der Waals surface area contributed by atoms with Gasteiger partial charge in [0.15, 0.2) is 0 Å². The largest absolute Gasteiger partial charge is 0.347 e. The number of anilines is 1. The van der Waals surface area contributed by atoms with E-state index in [2.05, 4.69) is 5.32 Å². The molecule has 7 nitrogen and oxygen atoms in total. The quantitative estimate of drug-likeness (QED) is 0.498. The van der Waals surface area contributed by atoms with E-state index in [9.17, 15) is 24.1 Å². The van der Waals surface area contributed by atoms with E-state index in [4.69, 9.17) is 0 Å². The number of hydrogen-bond donors (Lipinski definition) is 1. The van der Waals surface area contributed by atoms with Crippen LogP contribution in [0, 0.1) is 15.9 Å². The van der Waals surface area contributed by atoms with Crippen LogP contribution in [-0.4, -0.2) is 29.3 Å². The third-order valence-corrected chi connectivity index (χ3v) is 4.14. The molecule has 0 spiro atoms. The van der Waals surface area contributed by atoms with Crippen molar-refractivity contribution in [1.82, 2.24) is 5.32 Å². The number of rotatable bonds is 5. The lowest BCUT2D eigenvalue weighted by Crippen LogP contribution is -2.36. The number of hydrogen-bond acceptors (Lipinski definition) is 4. The van der Waals surface area contributed by atoms with Crippen molar-refractivity contribution in [3.8, 4) is 0 Å². The standard InChI is InChI=1S/C19H16FN3O4/c20-14-4-8-16(9-5-14)22-12-15(11-19(22)25)21-18(24)10-3-13-1-6-17(7-2-13)23(26)27/h1-10,15H,11-12H2,(H,21,24)/b10-3+. The lowest BCUT2D eigenvalue weighted by Gasteiger charge is -2.16. The Balaban J connectivity index is 1.57. The average Bonchev–Trinajstić information content (AvgIpc) is 3.01. The van der Waals surface area contributed by atoms with Crippen LogP contribution in [0.1, 0.15) is 12.0 Å². The Hall–Kier alpha value is -3.55. The SMILES string of the molecule is O=C(/C=C/c1ccc([N+](=O)[O-])cc1)NC1CC(=O)N(c2ccc(F)cc2)C1. The number of carbonyl (C=O) groups excluding carboxylic acids is 2. The molecule has 1 N–H and O–H groups in total. The fraction of sp³-hybridized carbons (Fsp3) is 0.158. The van der Waals surface area contributed by atoms with Crippen LogP contribution < -0.4 is 10.2 Å². The Morgan fingerprint density at radius 1 is 1.19 bits per heavy atom. The molecule has 0 aromatic heterocycles. The topological polar surface area (TPSA) is 92.5 Å². The van der Waals surface area contributed by atoms with Gasteiger partial charge in [0, 0.05) is 36.9 Å². The van der Waals surface area contributed by atoms with E-state index in [-0.39, 0.29) is 35.8 Å². The summed E-state index contributed by atoms with van der Waals surface area (Å²) in [6, 6.07) is 11.0. The highest BCUT2D eigenvalue weighted by Crippen LogP contribution is 2.22. The van der Waals surface area contributed by atoms with Crippen LogP contribution in [0.3, 0.4) is 0 Å². The number of nitro groups is 1. The highest BCUT2D eigenvalue weighted by Gasteiger charge is 2.31. The smallest absolute Gasteiger partial charge is 0.269 e. The molecule has 1 unspecified atom stereocenters. The Labute approximate surface area is 154 Å². The van der Waals surface area contributed by atoms with E-state index in [0.717, 1.165) is 0 Å². The predicted octanol–water partition coefficient (Wildman–Crippen LogP) is 2.67. The second kappa shape index (κ2) is 7.77.